The van der Waals surface area contributed by atoms with Gasteiger partial charge in [0.1, 0.15) is 0 Å². The quantitative estimate of drug-likeness (QED) is 0.658. The number of benzene rings is 1. The van der Waals surface area contributed by atoms with Crippen molar-refractivity contribution < 1.29 is 14.3 Å². The Kier molecular flexibility index (Phi) is 5.20. The van der Waals surface area contributed by atoms with Gasteiger partial charge in [-0.25, -0.2) is 4.79 Å². The number of nitrogens with two attached hydrogens (primary N) is 1. The second-order valence-corrected chi connectivity index (χ2v) is 5.55. The van der Waals surface area contributed by atoms with E-state index in [0.29, 0.717) is 11.3 Å². The second kappa shape index (κ2) is 7.11. The van der Waals surface area contributed by atoms with Gasteiger partial charge in [-0.05, 0) is 43.5 Å². The highest BCUT2D eigenvalue weighted by molar-refractivity contribution is 5.92. The molecule has 0 spiro atoms. The summed E-state index contributed by atoms with van der Waals surface area (Å²) >= 11 is 0. The number of esters is 1. The average molecular weight is 290 g/mol. The van der Waals surface area contributed by atoms with Crippen LogP contribution in [0, 0.1) is 6.92 Å². The predicted molar refractivity (Wildman–Crippen MR) is 80.9 cm³/mol. The fourth-order valence-electron chi connectivity index (χ4n) is 2.53. The van der Waals surface area contributed by atoms with E-state index in [1.165, 1.54) is 6.42 Å². The van der Waals surface area contributed by atoms with Gasteiger partial charge in [-0.1, -0.05) is 19.3 Å². The monoisotopic (exact) mass is 290 g/mol. The van der Waals surface area contributed by atoms with Crippen LogP contribution in [-0.4, -0.2) is 24.5 Å². The average Bonchev–Trinajstić information content (AvgIpc) is 2.48. The summed E-state index contributed by atoms with van der Waals surface area (Å²) in [5.41, 5.74) is 7.55. The molecule has 0 aliphatic heterocycles. The number of nitrogens with one attached hydrogen (secondary N) is 1. The molecule has 0 unspecified atom stereocenters. The van der Waals surface area contributed by atoms with Gasteiger partial charge >= 0.3 is 5.97 Å². The molecule has 1 aliphatic carbocycles. The van der Waals surface area contributed by atoms with Crippen LogP contribution in [0.25, 0.3) is 0 Å². The number of anilines is 1. The van der Waals surface area contributed by atoms with E-state index >= 15 is 0 Å². The lowest BCUT2D eigenvalue weighted by molar-refractivity contribution is -0.125. The SMILES string of the molecule is Cc1cc(C(=O)OCC(=O)NC2CCCCC2)ccc1N. The number of aryl methyl sites for hydroxylation is 1. The Labute approximate surface area is 124 Å². The van der Waals surface area contributed by atoms with Crippen molar-refractivity contribution in [3.05, 3.63) is 29.3 Å². The Balaban J connectivity index is 1.80. The van der Waals surface area contributed by atoms with E-state index in [9.17, 15) is 9.59 Å². The number of rotatable bonds is 4. The normalized spacial score (nSPS) is 15.5. The summed E-state index contributed by atoms with van der Waals surface area (Å²) in [5, 5.41) is 2.91. The fraction of sp³-hybridized carbons (Fsp3) is 0.500. The van der Waals surface area contributed by atoms with Crippen molar-refractivity contribution in [3.63, 3.8) is 0 Å². The maximum atomic E-state index is 11.9. The minimum Gasteiger partial charge on any atom is -0.452 e. The zero-order valence-electron chi connectivity index (χ0n) is 12.4. The number of ether oxygens (including phenoxy) is 1. The van der Waals surface area contributed by atoms with Crippen LogP contribution in [0.4, 0.5) is 5.69 Å². The van der Waals surface area contributed by atoms with Crippen molar-refractivity contribution in [1.82, 2.24) is 5.32 Å². The number of hydrogen-bond donors (Lipinski definition) is 2. The molecule has 2 rings (SSSR count). The molecule has 5 heteroatoms. The summed E-state index contributed by atoms with van der Waals surface area (Å²) in [6.45, 7) is 1.58. The Morgan fingerprint density at radius 3 is 2.67 bits per heavy atom. The van der Waals surface area contributed by atoms with Crippen molar-refractivity contribution in [2.75, 3.05) is 12.3 Å². The van der Waals surface area contributed by atoms with Crippen molar-refractivity contribution >= 4 is 17.6 Å². The Morgan fingerprint density at radius 1 is 1.29 bits per heavy atom. The van der Waals surface area contributed by atoms with E-state index in [0.717, 1.165) is 31.2 Å². The summed E-state index contributed by atoms with van der Waals surface area (Å²) in [6.07, 6.45) is 5.55. The van der Waals surface area contributed by atoms with Crippen LogP contribution in [0.2, 0.25) is 0 Å². The molecule has 1 fully saturated rings. The largest absolute Gasteiger partial charge is 0.452 e. The number of amides is 1. The standard InChI is InChI=1S/C16H22N2O3/c1-11-9-12(7-8-14(11)17)16(20)21-10-15(19)18-13-5-3-2-4-6-13/h7-9,13H,2-6,10,17H2,1H3,(H,18,19). The van der Waals surface area contributed by atoms with Gasteiger partial charge in [0.25, 0.3) is 5.91 Å². The van der Waals surface area contributed by atoms with Crippen molar-refractivity contribution in [2.24, 2.45) is 0 Å². The first-order chi connectivity index (χ1) is 10.1. The van der Waals surface area contributed by atoms with Gasteiger partial charge in [0.15, 0.2) is 6.61 Å². The summed E-state index contributed by atoms with van der Waals surface area (Å²) < 4.78 is 5.03. The van der Waals surface area contributed by atoms with Gasteiger partial charge in [-0.3, -0.25) is 4.79 Å². The minimum absolute atomic E-state index is 0.226. The Hall–Kier alpha value is -2.04. The molecule has 0 saturated heterocycles. The molecule has 0 heterocycles. The van der Waals surface area contributed by atoms with Crippen LogP contribution >= 0.6 is 0 Å². The van der Waals surface area contributed by atoms with E-state index in [1.54, 1.807) is 18.2 Å². The van der Waals surface area contributed by atoms with Crippen LogP contribution in [0.1, 0.15) is 48.0 Å². The maximum absolute atomic E-state index is 11.9. The lowest BCUT2D eigenvalue weighted by atomic mass is 9.95. The van der Waals surface area contributed by atoms with Gasteiger partial charge in [0.2, 0.25) is 0 Å². The topological polar surface area (TPSA) is 81.4 Å². The van der Waals surface area contributed by atoms with E-state index in [1.807, 2.05) is 6.92 Å². The molecule has 1 aromatic carbocycles. The van der Waals surface area contributed by atoms with Crippen LogP contribution < -0.4 is 11.1 Å². The molecule has 1 aromatic rings. The summed E-state index contributed by atoms with van der Waals surface area (Å²) in [4.78, 5) is 23.6. The third-order valence-corrected chi connectivity index (χ3v) is 3.81. The first-order valence-corrected chi connectivity index (χ1v) is 7.39. The molecule has 3 N–H and O–H groups in total. The highest BCUT2D eigenvalue weighted by Gasteiger charge is 2.17. The molecular weight excluding hydrogens is 268 g/mol. The van der Waals surface area contributed by atoms with E-state index in [2.05, 4.69) is 5.32 Å². The summed E-state index contributed by atoms with van der Waals surface area (Å²) in [5.74, 6) is -0.737. The van der Waals surface area contributed by atoms with Crippen LogP contribution in [-0.2, 0) is 9.53 Å². The highest BCUT2D eigenvalue weighted by atomic mass is 16.5. The molecule has 0 bridgehead atoms. The fourth-order valence-corrected chi connectivity index (χ4v) is 2.53. The first-order valence-electron chi connectivity index (χ1n) is 7.39. The first kappa shape index (κ1) is 15.4. The zero-order valence-corrected chi connectivity index (χ0v) is 12.4. The molecule has 0 aromatic heterocycles. The molecule has 5 nitrogen and oxygen atoms in total. The third kappa shape index (κ3) is 4.48. The lowest BCUT2D eigenvalue weighted by Gasteiger charge is -2.22. The second-order valence-electron chi connectivity index (χ2n) is 5.55. The van der Waals surface area contributed by atoms with E-state index in [4.69, 9.17) is 10.5 Å². The smallest absolute Gasteiger partial charge is 0.338 e. The van der Waals surface area contributed by atoms with Crippen molar-refractivity contribution in [1.29, 1.82) is 0 Å². The van der Waals surface area contributed by atoms with Crippen molar-refractivity contribution in [2.45, 2.75) is 45.1 Å². The molecule has 0 atom stereocenters. The van der Waals surface area contributed by atoms with Gasteiger partial charge in [0.05, 0.1) is 5.56 Å². The summed E-state index contributed by atoms with van der Waals surface area (Å²) in [6, 6.07) is 5.15. The number of carbonyl (C=O) groups excluding carboxylic acids is 2. The minimum atomic E-state index is -0.503. The van der Waals surface area contributed by atoms with Gasteiger partial charge in [-0.15, -0.1) is 0 Å². The van der Waals surface area contributed by atoms with Crippen LogP contribution in [0.15, 0.2) is 18.2 Å². The zero-order chi connectivity index (χ0) is 15.2. The maximum Gasteiger partial charge on any atom is 0.338 e. The lowest BCUT2D eigenvalue weighted by Crippen LogP contribution is -2.38. The van der Waals surface area contributed by atoms with E-state index < -0.39 is 5.97 Å². The Morgan fingerprint density at radius 2 is 2.00 bits per heavy atom. The molecular formula is C16H22N2O3. The molecule has 1 aliphatic rings. The molecule has 114 valence electrons. The molecule has 1 saturated carbocycles. The number of nitrogen functional groups attached to an aromatic ring is 1. The number of carbonyl (C=O) groups is 2. The van der Waals surface area contributed by atoms with Gasteiger partial charge in [0, 0.05) is 11.7 Å². The summed E-state index contributed by atoms with van der Waals surface area (Å²) in [7, 11) is 0. The van der Waals surface area contributed by atoms with Crippen molar-refractivity contribution in [3.8, 4) is 0 Å². The molecule has 21 heavy (non-hydrogen) atoms. The van der Waals surface area contributed by atoms with Gasteiger partial charge in [-0.2, -0.15) is 0 Å². The predicted octanol–water partition coefficient (Wildman–Crippen LogP) is 2.18. The van der Waals surface area contributed by atoms with Gasteiger partial charge < -0.3 is 15.8 Å². The van der Waals surface area contributed by atoms with Crippen LogP contribution in [0.5, 0.6) is 0 Å². The molecule has 1 amide bonds. The third-order valence-electron chi connectivity index (χ3n) is 3.81. The molecule has 0 radical (unpaired) electrons. The Bertz CT molecular complexity index is 522. The van der Waals surface area contributed by atoms with Crippen LogP contribution in [0.3, 0.4) is 0 Å². The number of hydrogen-bond acceptors (Lipinski definition) is 4. The van der Waals surface area contributed by atoms with E-state index in [-0.39, 0.29) is 18.6 Å². The highest BCUT2D eigenvalue weighted by Crippen LogP contribution is 2.17.